The molecule has 0 saturated carbocycles. The first kappa shape index (κ1) is 19.2. The molecule has 1 aliphatic heterocycles. The van der Waals surface area contributed by atoms with Crippen LogP contribution in [0.15, 0.2) is 48.0 Å². The Hall–Kier alpha value is -3.13. The Kier molecular flexibility index (Phi) is 5.90. The maximum Gasteiger partial charge on any atom is 0.246 e. The van der Waals surface area contributed by atoms with Gasteiger partial charge in [0.2, 0.25) is 11.0 Å². The van der Waals surface area contributed by atoms with Crippen molar-refractivity contribution < 1.29 is 4.79 Å². The van der Waals surface area contributed by atoms with Gasteiger partial charge in [-0.25, -0.2) is 9.97 Å². The molecule has 0 bridgehead atoms. The molecule has 3 heterocycles. The average molecular weight is 407 g/mol. The van der Waals surface area contributed by atoms with E-state index in [2.05, 4.69) is 25.5 Å². The predicted molar refractivity (Wildman–Crippen MR) is 114 cm³/mol. The molecule has 3 aromatic rings. The third kappa shape index (κ3) is 5.03. The van der Waals surface area contributed by atoms with Gasteiger partial charge in [0.05, 0.1) is 5.69 Å². The van der Waals surface area contributed by atoms with E-state index in [0.29, 0.717) is 23.3 Å². The second kappa shape index (κ2) is 8.91. The minimum atomic E-state index is 0.0385. The van der Waals surface area contributed by atoms with E-state index in [1.165, 1.54) is 11.3 Å². The van der Waals surface area contributed by atoms with E-state index in [4.69, 9.17) is 0 Å². The highest BCUT2D eigenvalue weighted by molar-refractivity contribution is 7.13. The summed E-state index contributed by atoms with van der Waals surface area (Å²) in [5.74, 6) is 1.63. The largest absolute Gasteiger partial charge is 0.338 e. The zero-order chi connectivity index (χ0) is 20.1. The Balaban J connectivity index is 1.46. The van der Waals surface area contributed by atoms with Crippen LogP contribution < -0.4 is 5.32 Å². The van der Waals surface area contributed by atoms with Crippen LogP contribution in [0.4, 0.5) is 10.9 Å². The maximum atomic E-state index is 12.7. The van der Waals surface area contributed by atoms with Crippen LogP contribution in [0.5, 0.6) is 0 Å². The van der Waals surface area contributed by atoms with Gasteiger partial charge in [0.15, 0.2) is 0 Å². The van der Waals surface area contributed by atoms with E-state index < -0.39 is 0 Å². The Bertz CT molecular complexity index is 990. The lowest BCUT2D eigenvalue weighted by atomic mass is 9.94. The summed E-state index contributed by atoms with van der Waals surface area (Å²) in [6, 6.07) is 11.8. The summed E-state index contributed by atoms with van der Waals surface area (Å²) in [5.41, 5.74) is 3.65. The highest BCUT2D eigenvalue weighted by Gasteiger charge is 2.25. The zero-order valence-corrected chi connectivity index (χ0v) is 17.0. The van der Waals surface area contributed by atoms with Crippen LogP contribution in [0.3, 0.4) is 0 Å². The van der Waals surface area contributed by atoms with Crippen LogP contribution in [0.1, 0.15) is 35.8 Å². The highest BCUT2D eigenvalue weighted by Crippen LogP contribution is 2.28. The maximum absolute atomic E-state index is 12.7. The van der Waals surface area contributed by atoms with Gasteiger partial charge in [-0.05, 0) is 31.4 Å². The molecule has 0 radical (unpaired) electrons. The second-order valence-corrected chi connectivity index (χ2v) is 7.79. The molecule has 1 fully saturated rings. The van der Waals surface area contributed by atoms with Gasteiger partial charge in [-0.1, -0.05) is 41.7 Å². The molecule has 1 unspecified atom stereocenters. The average Bonchev–Trinajstić information content (AvgIpc) is 3.25. The minimum Gasteiger partial charge on any atom is -0.338 e. The number of likely N-dealkylation sites (tertiary alicyclic amines) is 1. The van der Waals surface area contributed by atoms with Crippen molar-refractivity contribution in [2.24, 2.45) is 0 Å². The van der Waals surface area contributed by atoms with Crippen LogP contribution in [-0.2, 0) is 4.79 Å². The van der Waals surface area contributed by atoms with Crippen LogP contribution in [0.25, 0.3) is 6.08 Å². The predicted octanol–water partition coefficient (Wildman–Crippen LogP) is 3.80. The number of hydrogen-bond donors (Lipinski definition) is 1. The number of anilines is 2. The number of piperidine rings is 1. The summed E-state index contributed by atoms with van der Waals surface area (Å²) >= 11 is 1.42. The Morgan fingerprint density at radius 1 is 1.28 bits per heavy atom. The standard InChI is InChI=1S/C21H22N6OS/c1-15-23-18(12-19(24-15)25-21-26-22-14-29-21)17-8-5-11-27(13-17)20(28)10-9-16-6-3-2-4-7-16/h2-4,6-7,9-10,12,14,17H,5,8,11,13H2,1H3,(H,23,24,25,26)/b10-9+. The molecule has 4 rings (SSSR count). The van der Waals surface area contributed by atoms with E-state index in [-0.39, 0.29) is 11.8 Å². The van der Waals surface area contributed by atoms with Gasteiger partial charge in [0, 0.05) is 31.1 Å². The van der Waals surface area contributed by atoms with Crippen LogP contribution in [0.2, 0.25) is 0 Å². The Morgan fingerprint density at radius 2 is 2.14 bits per heavy atom. The Morgan fingerprint density at radius 3 is 2.93 bits per heavy atom. The Labute approximate surface area is 173 Å². The number of aromatic nitrogens is 4. The lowest BCUT2D eigenvalue weighted by molar-refractivity contribution is -0.127. The number of carbonyl (C=O) groups excluding carboxylic acids is 1. The third-order valence-corrected chi connectivity index (χ3v) is 5.43. The first-order valence-electron chi connectivity index (χ1n) is 9.58. The number of benzene rings is 1. The second-order valence-electron chi connectivity index (χ2n) is 6.96. The SMILES string of the molecule is Cc1nc(Nc2nncs2)cc(C2CCCN(C(=O)/C=C/c3ccccc3)C2)n1. The van der Waals surface area contributed by atoms with Gasteiger partial charge in [-0.15, -0.1) is 10.2 Å². The number of aryl methyl sites for hydroxylation is 1. The molecule has 1 aliphatic rings. The summed E-state index contributed by atoms with van der Waals surface area (Å²) in [6.45, 7) is 3.31. The molecular weight excluding hydrogens is 384 g/mol. The molecule has 29 heavy (non-hydrogen) atoms. The molecule has 2 aromatic heterocycles. The molecule has 1 saturated heterocycles. The van der Waals surface area contributed by atoms with Gasteiger partial charge in [0.1, 0.15) is 17.2 Å². The van der Waals surface area contributed by atoms with Crippen molar-refractivity contribution in [2.45, 2.75) is 25.7 Å². The molecule has 1 atom stereocenters. The fourth-order valence-corrected chi connectivity index (χ4v) is 3.91. The van der Waals surface area contributed by atoms with E-state index in [9.17, 15) is 4.79 Å². The van der Waals surface area contributed by atoms with Crippen molar-refractivity contribution in [3.8, 4) is 0 Å². The van der Waals surface area contributed by atoms with Crippen molar-refractivity contribution in [2.75, 3.05) is 18.4 Å². The van der Waals surface area contributed by atoms with Gasteiger partial charge in [0.25, 0.3) is 0 Å². The first-order valence-corrected chi connectivity index (χ1v) is 10.5. The van der Waals surface area contributed by atoms with Crippen LogP contribution >= 0.6 is 11.3 Å². The summed E-state index contributed by atoms with van der Waals surface area (Å²) < 4.78 is 0. The number of nitrogens with one attached hydrogen (secondary N) is 1. The van der Waals surface area contributed by atoms with E-state index in [1.807, 2.05) is 54.3 Å². The molecule has 1 amide bonds. The van der Waals surface area contributed by atoms with Crippen LogP contribution in [-0.4, -0.2) is 44.1 Å². The van der Waals surface area contributed by atoms with Crippen LogP contribution in [0, 0.1) is 6.92 Å². The monoisotopic (exact) mass is 406 g/mol. The molecular formula is C21H22N6OS. The zero-order valence-electron chi connectivity index (χ0n) is 16.2. The van der Waals surface area contributed by atoms with E-state index in [0.717, 1.165) is 30.6 Å². The summed E-state index contributed by atoms with van der Waals surface area (Å²) in [7, 11) is 0. The van der Waals surface area contributed by atoms with Gasteiger partial charge >= 0.3 is 0 Å². The van der Waals surface area contributed by atoms with Crippen molar-refractivity contribution >= 4 is 34.3 Å². The lowest BCUT2D eigenvalue weighted by Crippen LogP contribution is -2.38. The number of nitrogens with zero attached hydrogens (tertiary/aromatic N) is 5. The normalized spacial score (nSPS) is 16.9. The van der Waals surface area contributed by atoms with E-state index in [1.54, 1.807) is 11.6 Å². The summed E-state index contributed by atoms with van der Waals surface area (Å²) in [6.07, 6.45) is 5.48. The number of rotatable bonds is 5. The van der Waals surface area contributed by atoms with Gasteiger partial charge < -0.3 is 10.2 Å². The fourth-order valence-electron chi connectivity index (χ4n) is 3.46. The quantitative estimate of drug-likeness (QED) is 0.649. The minimum absolute atomic E-state index is 0.0385. The topological polar surface area (TPSA) is 83.9 Å². The number of amides is 1. The summed E-state index contributed by atoms with van der Waals surface area (Å²) in [5, 5.41) is 11.7. The molecule has 1 aromatic carbocycles. The number of hydrogen-bond acceptors (Lipinski definition) is 7. The molecule has 8 heteroatoms. The molecule has 0 spiro atoms. The molecule has 7 nitrogen and oxygen atoms in total. The lowest BCUT2D eigenvalue weighted by Gasteiger charge is -2.32. The van der Waals surface area contributed by atoms with Gasteiger partial charge in [-0.3, -0.25) is 4.79 Å². The molecule has 0 aliphatic carbocycles. The smallest absolute Gasteiger partial charge is 0.246 e. The van der Waals surface area contributed by atoms with Crippen molar-refractivity contribution in [3.63, 3.8) is 0 Å². The fraction of sp³-hybridized carbons (Fsp3) is 0.286. The summed E-state index contributed by atoms with van der Waals surface area (Å²) in [4.78, 5) is 23.7. The van der Waals surface area contributed by atoms with E-state index >= 15 is 0 Å². The first-order chi connectivity index (χ1) is 14.2. The van der Waals surface area contributed by atoms with Crippen molar-refractivity contribution in [3.05, 3.63) is 65.1 Å². The molecule has 148 valence electrons. The van der Waals surface area contributed by atoms with Crippen molar-refractivity contribution in [1.29, 1.82) is 0 Å². The number of carbonyl (C=O) groups is 1. The third-order valence-electron chi connectivity index (χ3n) is 4.82. The van der Waals surface area contributed by atoms with Crippen molar-refractivity contribution in [1.82, 2.24) is 25.1 Å². The highest BCUT2D eigenvalue weighted by atomic mass is 32.1. The van der Waals surface area contributed by atoms with Gasteiger partial charge in [-0.2, -0.15) is 0 Å². The molecule has 1 N–H and O–H groups in total.